The standard InChI is InChI=1S/C22H25NO4S2/c1-12-11-28-21(23-12)20-16-8-7-13(27-2)9-18(16)29-19(20)10-17(24)14-5-3-4-6-15(14)22(25)26/h3-4,11,13-15H,5-10H2,1-2H3,(H,25,26). The van der Waals surface area contributed by atoms with Gasteiger partial charge in [-0.25, -0.2) is 4.98 Å². The third-order valence-corrected chi connectivity index (χ3v) is 8.19. The van der Waals surface area contributed by atoms with Crippen LogP contribution in [0.5, 0.6) is 0 Å². The lowest BCUT2D eigenvalue weighted by atomic mass is 9.79. The number of carboxylic acid groups (broad SMARTS) is 1. The Morgan fingerprint density at radius 3 is 2.69 bits per heavy atom. The Morgan fingerprint density at radius 2 is 2.03 bits per heavy atom. The van der Waals surface area contributed by atoms with E-state index >= 15 is 0 Å². The molecule has 0 saturated heterocycles. The van der Waals surface area contributed by atoms with E-state index in [1.165, 1.54) is 10.4 Å². The zero-order chi connectivity index (χ0) is 20.5. The van der Waals surface area contributed by atoms with Gasteiger partial charge in [-0.3, -0.25) is 9.59 Å². The highest BCUT2D eigenvalue weighted by atomic mass is 32.1. The fraction of sp³-hybridized carbons (Fsp3) is 0.500. The first-order chi connectivity index (χ1) is 14.0. The van der Waals surface area contributed by atoms with Gasteiger partial charge in [-0.15, -0.1) is 22.7 Å². The van der Waals surface area contributed by atoms with E-state index in [1.807, 2.05) is 24.5 Å². The van der Waals surface area contributed by atoms with Crippen molar-refractivity contribution in [3.05, 3.63) is 38.5 Å². The number of ether oxygens (including phenoxy) is 1. The lowest BCUT2D eigenvalue weighted by Crippen LogP contribution is -2.32. The fourth-order valence-corrected chi connectivity index (χ4v) is 6.78. The van der Waals surface area contributed by atoms with Crippen LogP contribution in [0, 0.1) is 18.8 Å². The van der Waals surface area contributed by atoms with Crippen molar-refractivity contribution in [2.75, 3.05) is 7.11 Å². The van der Waals surface area contributed by atoms with Crippen LogP contribution in [-0.2, 0) is 33.6 Å². The normalized spacial score (nSPS) is 23.7. The van der Waals surface area contributed by atoms with Gasteiger partial charge in [0, 0.05) is 52.3 Å². The number of Topliss-reactive ketones (excluding diaryl/α,β-unsaturated/α-hetero) is 1. The smallest absolute Gasteiger partial charge is 0.307 e. The average Bonchev–Trinajstić information content (AvgIpc) is 3.29. The van der Waals surface area contributed by atoms with Gasteiger partial charge < -0.3 is 9.84 Å². The third kappa shape index (κ3) is 4.09. The van der Waals surface area contributed by atoms with E-state index in [4.69, 9.17) is 9.72 Å². The summed E-state index contributed by atoms with van der Waals surface area (Å²) >= 11 is 3.30. The van der Waals surface area contributed by atoms with E-state index in [0.717, 1.165) is 40.4 Å². The van der Waals surface area contributed by atoms with Crippen LogP contribution in [0.25, 0.3) is 10.6 Å². The summed E-state index contributed by atoms with van der Waals surface area (Å²) in [6.45, 7) is 1.98. The zero-order valence-corrected chi connectivity index (χ0v) is 18.3. The number of hydrogen-bond acceptors (Lipinski definition) is 6. The minimum atomic E-state index is -0.878. The predicted molar refractivity (Wildman–Crippen MR) is 115 cm³/mol. The van der Waals surface area contributed by atoms with Crippen LogP contribution in [0.4, 0.5) is 0 Å². The summed E-state index contributed by atoms with van der Waals surface area (Å²) in [5, 5.41) is 12.6. The third-order valence-electron chi connectivity index (χ3n) is 5.96. The zero-order valence-electron chi connectivity index (χ0n) is 16.6. The van der Waals surface area contributed by atoms with E-state index in [1.54, 1.807) is 29.8 Å². The first-order valence-corrected chi connectivity index (χ1v) is 11.7. The van der Waals surface area contributed by atoms with E-state index < -0.39 is 17.8 Å². The summed E-state index contributed by atoms with van der Waals surface area (Å²) in [4.78, 5) is 31.8. The molecule has 2 aliphatic rings. The second-order valence-electron chi connectivity index (χ2n) is 7.83. The Kier molecular flexibility index (Phi) is 5.99. The number of thiophene rings is 1. The van der Waals surface area contributed by atoms with Crippen LogP contribution in [-0.4, -0.2) is 35.1 Å². The molecule has 7 heteroatoms. The van der Waals surface area contributed by atoms with Crippen LogP contribution < -0.4 is 0 Å². The summed E-state index contributed by atoms with van der Waals surface area (Å²) in [5.41, 5.74) is 3.40. The van der Waals surface area contributed by atoms with Crippen LogP contribution in [0.2, 0.25) is 0 Å². The topological polar surface area (TPSA) is 76.5 Å². The minimum absolute atomic E-state index is 0.0261. The summed E-state index contributed by atoms with van der Waals surface area (Å²) < 4.78 is 5.58. The number of nitrogens with zero attached hydrogens (tertiary/aromatic N) is 1. The fourth-order valence-electron chi connectivity index (χ4n) is 4.39. The molecule has 2 aromatic rings. The first kappa shape index (κ1) is 20.4. The van der Waals surface area contributed by atoms with Gasteiger partial charge in [-0.2, -0.15) is 0 Å². The van der Waals surface area contributed by atoms with Crippen molar-refractivity contribution in [2.45, 2.75) is 51.6 Å². The monoisotopic (exact) mass is 431 g/mol. The van der Waals surface area contributed by atoms with E-state index in [9.17, 15) is 14.7 Å². The molecule has 0 saturated carbocycles. The molecule has 1 N–H and O–H groups in total. The lowest BCUT2D eigenvalue weighted by Gasteiger charge is -2.24. The van der Waals surface area contributed by atoms with Crippen molar-refractivity contribution in [1.82, 2.24) is 4.98 Å². The number of aromatic nitrogens is 1. The second kappa shape index (κ2) is 8.50. The summed E-state index contributed by atoms with van der Waals surface area (Å²) in [6, 6.07) is 0. The number of allylic oxidation sites excluding steroid dienone is 2. The van der Waals surface area contributed by atoms with Gasteiger partial charge >= 0.3 is 5.97 Å². The predicted octanol–water partition coefficient (Wildman–Crippen LogP) is 4.46. The number of carbonyl (C=O) groups excluding carboxylic acids is 1. The number of aliphatic carboxylic acids is 1. The molecule has 3 unspecified atom stereocenters. The van der Waals surface area contributed by atoms with Crippen LogP contribution in [0.1, 0.15) is 40.3 Å². The van der Waals surface area contributed by atoms with Crippen molar-refractivity contribution < 1.29 is 19.4 Å². The van der Waals surface area contributed by atoms with Gasteiger partial charge in [-0.1, -0.05) is 12.2 Å². The molecule has 0 fully saturated rings. The molecule has 0 spiro atoms. The Morgan fingerprint density at radius 1 is 1.28 bits per heavy atom. The van der Waals surface area contributed by atoms with E-state index in [0.29, 0.717) is 12.8 Å². The molecular weight excluding hydrogens is 406 g/mol. The van der Waals surface area contributed by atoms with Gasteiger partial charge in [0.25, 0.3) is 0 Å². The maximum atomic E-state index is 13.2. The van der Waals surface area contributed by atoms with Gasteiger partial charge in [0.2, 0.25) is 0 Å². The SMILES string of the molecule is COC1CCc2c(sc(CC(=O)C3CC=CCC3C(=O)O)c2-c2nc(C)cs2)C1. The van der Waals surface area contributed by atoms with Gasteiger partial charge in [0.05, 0.1) is 12.0 Å². The maximum absolute atomic E-state index is 13.2. The molecule has 154 valence electrons. The summed E-state index contributed by atoms with van der Waals surface area (Å²) in [7, 11) is 1.75. The van der Waals surface area contributed by atoms with Crippen molar-refractivity contribution in [2.24, 2.45) is 11.8 Å². The number of carboxylic acids is 1. The van der Waals surface area contributed by atoms with Gasteiger partial charge in [0.1, 0.15) is 10.8 Å². The quantitative estimate of drug-likeness (QED) is 0.683. The van der Waals surface area contributed by atoms with Crippen LogP contribution in [0.3, 0.4) is 0 Å². The van der Waals surface area contributed by atoms with E-state index in [-0.39, 0.29) is 18.3 Å². The molecule has 4 rings (SSSR count). The highest BCUT2D eigenvalue weighted by Gasteiger charge is 2.35. The molecule has 0 radical (unpaired) electrons. The highest BCUT2D eigenvalue weighted by Crippen LogP contribution is 2.43. The molecule has 0 aromatic carbocycles. The van der Waals surface area contributed by atoms with Gasteiger partial charge in [-0.05, 0) is 38.2 Å². The molecule has 29 heavy (non-hydrogen) atoms. The summed E-state index contributed by atoms with van der Waals surface area (Å²) in [5.74, 6) is -1.92. The van der Waals surface area contributed by atoms with Crippen molar-refractivity contribution >= 4 is 34.4 Å². The van der Waals surface area contributed by atoms with Crippen LogP contribution >= 0.6 is 22.7 Å². The van der Waals surface area contributed by atoms with Crippen LogP contribution in [0.15, 0.2) is 17.5 Å². The first-order valence-electron chi connectivity index (χ1n) is 9.97. The number of aryl methyl sites for hydroxylation is 1. The van der Waals surface area contributed by atoms with Crippen molar-refractivity contribution in [3.8, 4) is 10.6 Å². The molecule has 2 aromatic heterocycles. The molecular formula is C22H25NO4S2. The number of methoxy groups -OCH3 is 1. The highest BCUT2D eigenvalue weighted by molar-refractivity contribution is 7.15. The number of ketones is 1. The minimum Gasteiger partial charge on any atom is -0.481 e. The van der Waals surface area contributed by atoms with Gasteiger partial charge in [0.15, 0.2) is 0 Å². The average molecular weight is 432 g/mol. The molecule has 2 heterocycles. The number of carbonyl (C=O) groups is 2. The van der Waals surface area contributed by atoms with E-state index in [2.05, 4.69) is 0 Å². The summed E-state index contributed by atoms with van der Waals surface area (Å²) in [6.07, 6.45) is 8.03. The lowest BCUT2D eigenvalue weighted by molar-refractivity contribution is -0.146. The number of rotatable bonds is 6. The number of fused-ring (bicyclic) bond motifs is 1. The molecule has 3 atom stereocenters. The molecule has 0 amide bonds. The Labute approximate surface area is 178 Å². The maximum Gasteiger partial charge on any atom is 0.307 e. The Balaban J connectivity index is 1.68. The Bertz CT molecular complexity index is 958. The second-order valence-corrected chi connectivity index (χ2v) is 9.88. The number of hydrogen-bond donors (Lipinski definition) is 1. The molecule has 0 aliphatic heterocycles. The van der Waals surface area contributed by atoms with Crippen molar-refractivity contribution in [1.29, 1.82) is 0 Å². The molecule has 0 bridgehead atoms. The largest absolute Gasteiger partial charge is 0.481 e. The van der Waals surface area contributed by atoms with Crippen molar-refractivity contribution in [3.63, 3.8) is 0 Å². The molecule has 5 nitrogen and oxygen atoms in total. The molecule has 2 aliphatic carbocycles. The Hall–Kier alpha value is -1.83. The number of thiazole rings is 1.